The van der Waals surface area contributed by atoms with E-state index in [1.54, 1.807) is 18.3 Å². The summed E-state index contributed by atoms with van der Waals surface area (Å²) in [5.41, 5.74) is 4.29. The number of nitrogens with one attached hydrogen (secondary N) is 2. The number of carbonyl (C=O) groups is 1. The summed E-state index contributed by atoms with van der Waals surface area (Å²) in [6.45, 7) is 2.24. The van der Waals surface area contributed by atoms with Gasteiger partial charge in [0.05, 0.1) is 17.3 Å². The smallest absolute Gasteiger partial charge is 0.271 e. The SMILES string of the molecule is Cc1cccnc1CNC(=O)c1nc(NN)ccc1Cl. The number of nitrogens with two attached hydrogens (primary N) is 1. The molecule has 0 bridgehead atoms. The molecule has 6 nitrogen and oxygen atoms in total. The molecule has 4 N–H and O–H groups in total. The predicted octanol–water partition coefficient (Wildman–Crippen LogP) is 1.65. The van der Waals surface area contributed by atoms with E-state index in [2.05, 4.69) is 20.7 Å². The number of carbonyl (C=O) groups excluding carboxylic acids is 1. The Bertz CT molecular complexity index is 632. The lowest BCUT2D eigenvalue weighted by molar-refractivity contribution is 0.0945. The maximum Gasteiger partial charge on any atom is 0.271 e. The summed E-state index contributed by atoms with van der Waals surface area (Å²) in [5, 5.41) is 2.99. The molecule has 7 heteroatoms. The predicted molar refractivity (Wildman–Crippen MR) is 77.2 cm³/mol. The standard InChI is InChI=1S/C13H14ClN5O/c1-8-3-2-6-16-10(8)7-17-13(20)12-9(14)4-5-11(18-12)19-15/h2-6H,7,15H2,1H3,(H,17,20)(H,18,19). The number of amides is 1. The van der Waals surface area contributed by atoms with Gasteiger partial charge in [-0.2, -0.15) is 0 Å². The third-order valence-electron chi connectivity index (χ3n) is 2.74. The van der Waals surface area contributed by atoms with Gasteiger partial charge >= 0.3 is 0 Å². The number of halogens is 1. The van der Waals surface area contributed by atoms with Gasteiger partial charge in [-0.25, -0.2) is 10.8 Å². The molecular weight excluding hydrogens is 278 g/mol. The molecule has 2 aromatic heterocycles. The summed E-state index contributed by atoms with van der Waals surface area (Å²) < 4.78 is 0. The van der Waals surface area contributed by atoms with Gasteiger partial charge in [-0.3, -0.25) is 9.78 Å². The summed E-state index contributed by atoms with van der Waals surface area (Å²) in [6, 6.07) is 6.92. The van der Waals surface area contributed by atoms with Gasteiger partial charge in [0.1, 0.15) is 11.5 Å². The number of anilines is 1. The Morgan fingerprint density at radius 2 is 2.20 bits per heavy atom. The van der Waals surface area contributed by atoms with Crippen molar-refractivity contribution in [2.75, 3.05) is 5.43 Å². The van der Waals surface area contributed by atoms with E-state index in [0.717, 1.165) is 11.3 Å². The lowest BCUT2D eigenvalue weighted by atomic mass is 10.2. The fourth-order valence-electron chi connectivity index (χ4n) is 1.63. The first-order valence-corrected chi connectivity index (χ1v) is 6.31. The second-order valence-electron chi connectivity index (χ2n) is 4.12. The number of hydrogen-bond acceptors (Lipinski definition) is 5. The number of hydrogen-bond donors (Lipinski definition) is 3. The number of aryl methyl sites for hydroxylation is 1. The zero-order chi connectivity index (χ0) is 14.5. The summed E-state index contributed by atoms with van der Waals surface area (Å²) in [6.07, 6.45) is 1.68. The maximum absolute atomic E-state index is 12.1. The van der Waals surface area contributed by atoms with E-state index in [4.69, 9.17) is 17.4 Å². The molecule has 0 aliphatic carbocycles. The van der Waals surface area contributed by atoms with Crippen molar-refractivity contribution in [3.05, 3.63) is 52.4 Å². The third kappa shape index (κ3) is 3.23. The van der Waals surface area contributed by atoms with Crippen molar-refractivity contribution < 1.29 is 4.79 Å². The van der Waals surface area contributed by atoms with Crippen molar-refractivity contribution in [3.8, 4) is 0 Å². The molecule has 2 heterocycles. The summed E-state index contributed by atoms with van der Waals surface area (Å²) in [4.78, 5) is 20.3. The van der Waals surface area contributed by atoms with Crippen LogP contribution in [-0.2, 0) is 6.54 Å². The lowest BCUT2D eigenvalue weighted by Gasteiger charge is -2.08. The first-order valence-electron chi connectivity index (χ1n) is 5.93. The molecule has 0 unspecified atom stereocenters. The van der Waals surface area contributed by atoms with Crippen LogP contribution in [0, 0.1) is 6.92 Å². The number of pyridine rings is 2. The number of nitrogens with zero attached hydrogens (tertiary/aromatic N) is 2. The number of rotatable bonds is 4. The van der Waals surface area contributed by atoms with Crippen molar-refractivity contribution >= 4 is 23.3 Å². The molecule has 0 aliphatic rings. The second kappa shape index (κ2) is 6.31. The molecule has 0 atom stereocenters. The Kier molecular flexibility index (Phi) is 4.49. The van der Waals surface area contributed by atoms with Crippen molar-refractivity contribution in [1.29, 1.82) is 0 Å². The minimum Gasteiger partial charge on any atom is -0.345 e. The Balaban J connectivity index is 2.11. The molecule has 104 valence electrons. The summed E-state index contributed by atoms with van der Waals surface area (Å²) >= 11 is 5.95. The average molecular weight is 292 g/mol. The van der Waals surface area contributed by atoms with Gasteiger partial charge in [0, 0.05) is 6.20 Å². The first kappa shape index (κ1) is 14.2. The van der Waals surface area contributed by atoms with Crippen molar-refractivity contribution in [2.24, 2.45) is 5.84 Å². The highest BCUT2D eigenvalue weighted by molar-refractivity contribution is 6.33. The molecule has 2 rings (SSSR count). The average Bonchev–Trinajstić information content (AvgIpc) is 2.46. The lowest BCUT2D eigenvalue weighted by Crippen LogP contribution is -2.25. The van der Waals surface area contributed by atoms with Gasteiger partial charge in [0.25, 0.3) is 5.91 Å². The highest BCUT2D eigenvalue weighted by Gasteiger charge is 2.13. The van der Waals surface area contributed by atoms with E-state index < -0.39 is 0 Å². The van der Waals surface area contributed by atoms with E-state index >= 15 is 0 Å². The summed E-state index contributed by atoms with van der Waals surface area (Å²) in [5.74, 6) is 5.25. The Morgan fingerprint density at radius 1 is 1.40 bits per heavy atom. The molecule has 0 fully saturated rings. The number of nitrogen functional groups attached to an aromatic ring is 1. The molecule has 0 aliphatic heterocycles. The van der Waals surface area contributed by atoms with Crippen LogP contribution in [-0.4, -0.2) is 15.9 Å². The molecule has 0 spiro atoms. The molecule has 0 aromatic carbocycles. The summed E-state index contributed by atoms with van der Waals surface area (Å²) in [7, 11) is 0. The van der Waals surface area contributed by atoms with Gasteiger partial charge < -0.3 is 10.7 Å². The molecule has 20 heavy (non-hydrogen) atoms. The fourth-order valence-corrected chi connectivity index (χ4v) is 1.82. The molecular formula is C13H14ClN5O. The van der Waals surface area contributed by atoms with Crippen LogP contribution in [0.5, 0.6) is 0 Å². The minimum absolute atomic E-state index is 0.121. The van der Waals surface area contributed by atoms with Gasteiger partial charge in [0.15, 0.2) is 0 Å². The molecule has 0 saturated heterocycles. The zero-order valence-corrected chi connectivity index (χ0v) is 11.6. The van der Waals surface area contributed by atoms with E-state index in [1.807, 2.05) is 19.1 Å². The van der Waals surface area contributed by atoms with Crippen LogP contribution in [0.1, 0.15) is 21.7 Å². The fraction of sp³-hybridized carbons (Fsp3) is 0.154. The topological polar surface area (TPSA) is 92.9 Å². The highest BCUT2D eigenvalue weighted by atomic mass is 35.5. The van der Waals surface area contributed by atoms with Crippen LogP contribution in [0.4, 0.5) is 5.82 Å². The van der Waals surface area contributed by atoms with Crippen LogP contribution in [0.2, 0.25) is 5.02 Å². The Hall–Kier alpha value is -2.18. The molecule has 0 saturated carbocycles. The molecule has 1 amide bonds. The molecule has 2 aromatic rings. The van der Waals surface area contributed by atoms with Gasteiger partial charge in [-0.05, 0) is 30.7 Å². The largest absolute Gasteiger partial charge is 0.345 e. The quantitative estimate of drug-likeness (QED) is 0.588. The van der Waals surface area contributed by atoms with Crippen LogP contribution in [0.15, 0.2) is 30.5 Å². The van der Waals surface area contributed by atoms with Crippen LogP contribution in [0.3, 0.4) is 0 Å². The van der Waals surface area contributed by atoms with E-state index in [0.29, 0.717) is 12.4 Å². The Labute approximate surface area is 121 Å². The number of hydrazine groups is 1. The first-order chi connectivity index (χ1) is 9.61. The van der Waals surface area contributed by atoms with E-state index in [1.165, 1.54) is 0 Å². The zero-order valence-electron chi connectivity index (χ0n) is 10.9. The van der Waals surface area contributed by atoms with Crippen LogP contribution < -0.4 is 16.6 Å². The van der Waals surface area contributed by atoms with E-state index in [-0.39, 0.29) is 16.6 Å². The minimum atomic E-state index is -0.378. The van der Waals surface area contributed by atoms with Crippen LogP contribution in [0.25, 0.3) is 0 Å². The van der Waals surface area contributed by atoms with E-state index in [9.17, 15) is 4.79 Å². The monoisotopic (exact) mass is 291 g/mol. The van der Waals surface area contributed by atoms with Crippen molar-refractivity contribution in [1.82, 2.24) is 15.3 Å². The molecule has 0 radical (unpaired) electrons. The van der Waals surface area contributed by atoms with Gasteiger partial charge in [-0.1, -0.05) is 17.7 Å². The second-order valence-corrected chi connectivity index (χ2v) is 4.53. The van der Waals surface area contributed by atoms with Gasteiger partial charge in [0.2, 0.25) is 0 Å². The third-order valence-corrected chi connectivity index (χ3v) is 3.05. The highest BCUT2D eigenvalue weighted by Crippen LogP contribution is 2.16. The number of aromatic nitrogens is 2. The van der Waals surface area contributed by atoms with Crippen molar-refractivity contribution in [3.63, 3.8) is 0 Å². The van der Waals surface area contributed by atoms with Crippen molar-refractivity contribution in [2.45, 2.75) is 13.5 Å². The normalized spacial score (nSPS) is 10.2. The van der Waals surface area contributed by atoms with Gasteiger partial charge in [-0.15, -0.1) is 0 Å². The Morgan fingerprint density at radius 3 is 2.90 bits per heavy atom. The van der Waals surface area contributed by atoms with Crippen LogP contribution >= 0.6 is 11.6 Å². The maximum atomic E-state index is 12.1.